The number of benzene rings is 1. The Labute approximate surface area is 121 Å². The lowest BCUT2D eigenvalue weighted by atomic mass is 10.2. The van der Waals surface area contributed by atoms with Crippen LogP contribution in [-0.4, -0.2) is 29.6 Å². The van der Waals surface area contributed by atoms with Gasteiger partial charge in [0.2, 0.25) is 0 Å². The van der Waals surface area contributed by atoms with E-state index in [1.54, 1.807) is 23.5 Å². The minimum absolute atomic E-state index is 0.247. The van der Waals surface area contributed by atoms with Crippen LogP contribution in [0.5, 0.6) is 5.75 Å². The number of fused-ring (bicyclic) bond motifs is 1. The Bertz CT molecular complexity index is 585. The summed E-state index contributed by atoms with van der Waals surface area (Å²) in [5, 5.41) is 0.652. The number of hydrogen-bond acceptors (Lipinski definition) is 5. The van der Waals surface area contributed by atoms with Gasteiger partial charge in [0.1, 0.15) is 18.2 Å². The Morgan fingerprint density at radius 3 is 2.95 bits per heavy atom. The minimum Gasteiger partial charge on any atom is -0.492 e. The fourth-order valence-corrected chi connectivity index (χ4v) is 3.20. The summed E-state index contributed by atoms with van der Waals surface area (Å²) in [4.78, 5) is 7.91. The van der Waals surface area contributed by atoms with Gasteiger partial charge in [-0.05, 0) is 24.3 Å². The van der Waals surface area contributed by atoms with Gasteiger partial charge in [-0.3, -0.25) is 4.90 Å². The molecule has 1 aliphatic heterocycles. The topological polar surface area (TPSA) is 51.4 Å². The van der Waals surface area contributed by atoms with Crippen molar-refractivity contribution < 1.29 is 9.13 Å². The Kier molecular flexibility index (Phi) is 3.84. The first-order valence-electron chi connectivity index (χ1n) is 6.55. The molecule has 106 valence electrons. The van der Waals surface area contributed by atoms with Crippen LogP contribution in [0.2, 0.25) is 0 Å². The summed E-state index contributed by atoms with van der Waals surface area (Å²) in [7, 11) is 0. The SMILES string of the molecule is Nc1nc2c(s1)CN(CCOc1ccc(F)cc1)CC2. The van der Waals surface area contributed by atoms with Crippen molar-refractivity contribution in [1.82, 2.24) is 9.88 Å². The van der Waals surface area contributed by atoms with E-state index in [0.29, 0.717) is 17.5 Å². The first kappa shape index (κ1) is 13.3. The molecule has 1 aromatic heterocycles. The van der Waals surface area contributed by atoms with E-state index in [4.69, 9.17) is 10.5 Å². The molecular formula is C14H16FN3OS. The average Bonchev–Trinajstić information content (AvgIpc) is 2.80. The lowest BCUT2D eigenvalue weighted by molar-refractivity contribution is 0.197. The van der Waals surface area contributed by atoms with Gasteiger partial charge in [-0.1, -0.05) is 0 Å². The first-order chi connectivity index (χ1) is 9.70. The van der Waals surface area contributed by atoms with Crippen molar-refractivity contribution in [3.63, 3.8) is 0 Å². The summed E-state index contributed by atoms with van der Waals surface area (Å²) >= 11 is 1.57. The Morgan fingerprint density at radius 1 is 1.35 bits per heavy atom. The van der Waals surface area contributed by atoms with E-state index in [9.17, 15) is 4.39 Å². The molecule has 2 N–H and O–H groups in total. The number of thiazole rings is 1. The van der Waals surface area contributed by atoms with Crippen molar-refractivity contribution in [2.24, 2.45) is 0 Å². The molecule has 2 aromatic rings. The second-order valence-corrected chi connectivity index (χ2v) is 5.87. The third-order valence-corrected chi connectivity index (χ3v) is 4.23. The number of rotatable bonds is 4. The maximum Gasteiger partial charge on any atom is 0.180 e. The summed E-state index contributed by atoms with van der Waals surface area (Å²) in [6.45, 7) is 3.30. The molecule has 4 nitrogen and oxygen atoms in total. The summed E-state index contributed by atoms with van der Waals surface area (Å²) in [6, 6.07) is 6.10. The van der Waals surface area contributed by atoms with Crippen molar-refractivity contribution in [3.05, 3.63) is 40.7 Å². The van der Waals surface area contributed by atoms with Gasteiger partial charge in [-0.2, -0.15) is 0 Å². The lowest BCUT2D eigenvalue weighted by Crippen LogP contribution is -2.33. The third kappa shape index (κ3) is 3.08. The Morgan fingerprint density at radius 2 is 2.15 bits per heavy atom. The summed E-state index contributed by atoms with van der Waals surface area (Å²) in [5.74, 6) is 0.454. The molecule has 0 radical (unpaired) electrons. The van der Waals surface area contributed by atoms with Crippen molar-refractivity contribution in [2.45, 2.75) is 13.0 Å². The molecule has 1 aliphatic rings. The predicted octanol–water partition coefficient (Wildman–Crippen LogP) is 2.30. The first-order valence-corrected chi connectivity index (χ1v) is 7.37. The van der Waals surface area contributed by atoms with E-state index in [2.05, 4.69) is 9.88 Å². The van der Waals surface area contributed by atoms with E-state index < -0.39 is 0 Å². The van der Waals surface area contributed by atoms with Crippen LogP contribution >= 0.6 is 11.3 Å². The zero-order valence-electron chi connectivity index (χ0n) is 11.0. The number of anilines is 1. The second kappa shape index (κ2) is 5.76. The van der Waals surface area contributed by atoms with Crippen molar-refractivity contribution in [2.75, 3.05) is 25.4 Å². The highest BCUT2D eigenvalue weighted by atomic mass is 32.1. The molecule has 6 heteroatoms. The van der Waals surface area contributed by atoms with Crippen LogP contribution in [0.15, 0.2) is 24.3 Å². The predicted molar refractivity (Wildman–Crippen MR) is 77.4 cm³/mol. The molecule has 0 amide bonds. The minimum atomic E-state index is -0.247. The number of hydrogen-bond donors (Lipinski definition) is 1. The Hall–Kier alpha value is -1.66. The maximum atomic E-state index is 12.8. The Balaban J connectivity index is 1.49. The number of aromatic nitrogens is 1. The highest BCUT2D eigenvalue weighted by Crippen LogP contribution is 2.26. The lowest BCUT2D eigenvalue weighted by Gasteiger charge is -2.25. The van der Waals surface area contributed by atoms with Crippen molar-refractivity contribution in [3.8, 4) is 5.75 Å². The monoisotopic (exact) mass is 293 g/mol. The molecule has 0 fully saturated rings. The second-order valence-electron chi connectivity index (χ2n) is 4.75. The quantitative estimate of drug-likeness (QED) is 0.940. The van der Waals surface area contributed by atoms with E-state index >= 15 is 0 Å². The molecule has 0 saturated carbocycles. The largest absolute Gasteiger partial charge is 0.492 e. The summed E-state index contributed by atoms with van der Waals surface area (Å²) < 4.78 is 18.4. The summed E-state index contributed by atoms with van der Waals surface area (Å²) in [6.07, 6.45) is 0.944. The molecule has 1 aromatic carbocycles. The average molecular weight is 293 g/mol. The molecule has 20 heavy (non-hydrogen) atoms. The van der Waals surface area contributed by atoms with E-state index in [1.807, 2.05) is 0 Å². The van der Waals surface area contributed by atoms with Gasteiger partial charge in [0.15, 0.2) is 5.13 Å². The standard InChI is InChI=1S/C14H16FN3OS/c15-10-1-3-11(4-2-10)19-8-7-18-6-5-12-13(9-18)20-14(16)17-12/h1-4H,5-9H2,(H2,16,17). The van der Waals surface area contributed by atoms with Crippen molar-refractivity contribution in [1.29, 1.82) is 0 Å². The van der Waals surface area contributed by atoms with Crippen LogP contribution in [0.4, 0.5) is 9.52 Å². The van der Waals surface area contributed by atoms with E-state index in [1.165, 1.54) is 17.0 Å². The molecule has 3 rings (SSSR count). The smallest absolute Gasteiger partial charge is 0.180 e. The van der Waals surface area contributed by atoms with Crippen LogP contribution in [-0.2, 0) is 13.0 Å². The van der Waals surface area contributed by atoms with Gasteiger partial charge < -0.3 is 10.5 Å². The van der Waals surface area contributed by atoms with Gasteiger partial charge in [0.25, 0.3) is 0 Å². The van der Waals surface area contributed by atoms with Gasteiger partial charge in [0.05, 0.1) is 5.69 Å². The van der Waals surface area contributed by atoms with Gasteiger partial charge in [0, 0.05) is 30.9 Å². The van der Waals surface area contributed by atoms with Gasteiger partial charge >= 0.3 is 0 Å². The van der Waals surface area contributed by atoms with Gasteiger partial charge in [-0.15, -0.1) is 11.3 Å². The number of nitrogens with zero attached hydrogens (tertiary/aromatic N) is 2. The molecule has 0 unspecified atom stereocenters. The van der Waals surface area contributed by atoms with Crippen LogP contribution in [0.25, 0.3) is 0 Å². The van der Waals surface area contributed by atoms with Crippen LogP contribution in [0.3, 0.4) is 0 Å². The third-order valence-electron chi connectivity index (χ3n) is 3.32. The van der Waals surface area contributed by atoms with Crippen LogP contribution in [0, 0.1) is 5.82 Å². The molecule has 0 atom stereocenters. The zero-order valence-corrected chi connectivity index (χ0v) is 11.8. The number of ether oxygens (including phenoxy) is 1. The molecule has 2 heterocycles. The summed E-state index contributed by atoms with van der Waals surface area (Å²) in [5.41, 5.74) is 6.87. The van der Waals surface area contributed by atoms with E-state index in [0.717, 1.165) is 31.7 Å². The number of halogens is 1. The van der Waals surface area contributed by atoms with E-state index in [-0.39, 0.29) is 5.82 Å². The number of nitrogens with two attached hydrogens (primary N) is 1. The van der Waals surface area contributed by atoms with Crippen LogP contribution in [0.1, 0.15) is 10.6 Å². The molecule has 0 bridgehead atoms. The van der Waals surface area contributed by atoms with Crippen LogP contribution < -0.4 is 10.5 Å². The maximum absolute atomic E-state index is 12.8. The fourth-order valence-electron chi connectivity index (χ4n) is 2.28. The fraction of sp³-hybridized carbons (Fsp3) is 0.357. The van der Waals surface area contributed by atoms with Crippen molar-refractivity contribution >= 4 is 16.5 Å². The molecule has 0 saturated heterocycles. The molecular weight excluding hydrogens is 277 g/mol. The van der Waals surface area contributed by atoms with Gasteiger partial charge in [-0.25, -0.2) is 9.37 Å². The zero-order chi connectivity index (χ0) is 13.9. The normalized spacial score (nSPS) is 15.1. The highest BCUT2D eigenvalue weighted by Gasteiger charge is 2.19. The highest BCUT2D eigenvalue weighted by molar-refractivity contribution is 7.15. The number of nitrogen functional groups attached to an aromatic ring is 1. The molecule has 0 aliphatic carbocycles. The molecule has 0 spiro atoms.